The summed E-state index contributed by atoms with van der Waals surface area (Å²) in [7, 11) is 0. The first-order valence-corrected chi connectivity index (χ1v) is 6.53. The fraction of sp³-hybridized carbons (Fsp3) is 0.250. The molecule has 3 heteroatoms. The second-order valence-corrected chi connectivity index (χ2v) is 4.90. The van der Waals surface area contributed by atoms with E-state index in [4.69, 9.17) is 0 Å². The second kappa shape index (κ2) is 4.19. The molecule has 0 spiro atoms. The number of hydrogen-bond acceptors (Lipinski definition) is 2. The molecule has 0 N–H and O–H groups in total. The molecule has 0 amide bonds. The Kier molecular flexibility index (Phi) is 2.63. The van der Waals surface area contributed by atoms with Gasteiger partial charge in [-0.3, -0.25) is 9.59 Å². The number of carbonyl (C=O) groups is 2. The quantitative estimate of drug-likeness (QED) is 0.704. The molecule has 19 heavy (non-hydrogen) atoms. The molecule has 0 saturated heterocycles. The summed E-state index contributed by atoms with van der Waals surface area (Å²) in [5, 5.41) is 0. The average molecular weight is 253 g/mol. The van der Waals surface area contributed by atoms with Gasteiger partial charge in [-0.2, -0.15) is 0 Å². The molecule has 1 aliphatic rings. The zero-order chi connectivity index (χ0) is 13.6. The fourth-order valence-corrected chi connectivity index (χ4v) is 2.75. The van der Waals surface area contributed by atoms with E-state index in [1.165, 1.54) is 0 Å². The number of aryl methyl sites for hydroxylation is 1. The molecular formula is C16H15NO2. The van der Waals surface area contributed by atoms with E-state index in [9.17, 15) is 9.59 Å². The second-order valence-electron chi connectivity index (χ2n) is 4.90. The Labute approximate surface area is 111 Å². The standard InChI is InChI=1S/C16H15NO2/c1-3-8-17-9-13-14(10(17)2)16(19)12-7-5-4-6-11(12)15(13)18/h4-7,9H,3,8H2,1-2H3. The van der Waals surface area contributed by atoms with Crippen LogP contribution in [0, 0.1) is 6.92 Å². The van der Waals surface area contributed by atoms with Gasteiger partial charge >= 0.3 is 0 Å². The number of rotatable bonds is 2. The van der Waals surface area contributed by atoms with Gasteiger partial charge in [-0.25, -0.2) is 0 Å². The first-order chi connectivity index (χ1) is 9.15. The van der Waals surface area contributed by atoms with E-state index in [0.717, 1.165) is 18.7 Å². The molecule has 0 aliphatic heterocycles. The Morgan fingerprint density at radius 2 is 1.63 bits per heavy atom. The molecule has 0 atom stereocenters. The lowest BCUT2D eigenvalue weighted by Crippen LogP contribution is -2.19. The topological polar surface area (TPSA) is 39.1 Å². The van der Waals surface area contributed by atoms with Gasteiger partial charge in [0, 0.05) is 29.6 Å². The van der Waals surface area contributed by atoms with Crippen LogP contribution >= 0.6 is 0 Å². The fourth-order valence-electron chi connectivity index (χ4n) is 2.75. The van der Waals surface area contributed by atoms with E-state index in [1.807, 2.05) is 17.7 Å². The summed E-state index contributed by atoms with van der Waals surface area (Å²) in [5.74, 6) is -0.0688. The van der Waals surface area contributed by atoms with Gasteiger partial charge in [0.25, 0.3) is 0 Å². The molecule has 1 aromatic heterocycles. The van der Waals surface area contributed by atoms with E-state index in [0.29, 0.717) is 22.3 Å². The third kappa shape index (κ3) is 1.58. The normalized spacial score (nSPS) is 13.4. The molecule has 2 aromatic rings. The molecule has 0 fully saturated rings. The van der Waals surface area contributed by atoms with Crippen LogP contribution in [0.4, 0.5) is 0 Å². The van der Waals surface area contributed by atoms with Gasteiger partial charge in [0.05, 0.1) is 11.1 Å². The maximum atomic E-state index is 12.5. The predicted octanol–water partition coefficient (Wildman–Crippen LogP) is 2.98. The van der Waals surface area contributed by atoms with Crippen molar-refractivity contribution in [2.24, 2.45) is 0 Å². The molecule has 1 heterocycles. The summed E-state index contributed by atoms with van der Waals surface area (Å²) in [4.78, 5) is 25.0. The number of carbonyl (C=O) groups excluding carboxylic acids is 2. The summed E-state index contributed by atoms with van der Waals surface area (Å²) in [6.45, 7) is 4.82. The van der Waals surface area contributed by atoms with Crippen LogP contribution in [0.15, 0.2) is 30.5 Å². The van der Waals surface area contributed by atoms with Crippen molar-refractivity contribution in [2.75, 3.05) is 0 Å². The predicted molar refractivity (Wildman–Crippen MR) is 72.8 cm³/mol. The molecule has 0 radical (unpaired) electrons. The van der Waals surface area contributed by atoms with E-state index in [2.05, 4.69) is 6.92 Å². The summed E-state index contributed by atoms with van der Waals surface area (Å²) in [6, 6.07) is 7.05. The molecule has 0 bridgehead atoms. The molecule has 1 aromatic carbocycles. The minimum absolute atomic E-state index is 0.0300. The lowest BCUT2D eigenvalue weighted by atomic mass is 9.85. The van der Waals surface area contributed by atoms with Crippen molar-refractivity contribution in [3.8, 4) is 0 Å². The average Bonchev–Trinajstić information content (AvgIpc) is 2.75. The Balaban J connectivity index is 2.24. The Morgan fingerprint density at radius 1 is 1.00 bits per heavy atom. The third-order valence-corrected chi connectivity index (χ3v) is 3.70. The van der Waals surface area contributed by atoms with Crippen LogP contribution in [-0.2, 0) is 6.54 Å². The number of fused-ring (bicyclic) bond motifs is 2. The van der Waals surface area contributed by atoms with Crippen molar-refractivity contribution in [1.29, 1.82) is 0 Å². The van der Waals surface area contributed by atoms with Crippen LogP contribution in [0.1, 0.15) is 50.9 Å². The maximum Gasteiger partial charge on any atom is 0.196 e. The first kappa shape index (κ1) is 11.9. The Bertz CT molecular complexity index is 695. The van der Waals surface area contributed by atoms with E-state index in [1.54, 1.807) is 24.3 Å². The lowest BCUT2D eigenvalue weighted by molar-refractivity contribution is 0.0979. The van der Waals surface area contributed by atoms with Crippen LogP contribution in [0.5, 0.6) is 0 Å². The maximum absolute atomic E-state index is 12.5. The molecule has 0 saturated carbocycles. The minimum atomic E-state index is -0.0387. The van der Waals surface area contributed by atoms with Crippen LogP contribution in [0.3, 0.4) is 0 Å². The van der Waals surface area contributed by atoms with Crippen LogP contribution < -0.4 is 0 Å². The summed E-state index contributed by atoms with van der Waals surface area (Å²) >= 11 is 0. The number of aromatic nitrogens is 1. The first-order valence-electron chi connectivity index (χ1n) is 6.53. The van der Waals surface area contributed by atoms with Crippen molar-refractivity contribution in [3.63, 3.8) is 0 Å². The highest BCUT2D eigenvalue weighted by Gasteiger charge is 2.32. The number of nitrogens with zero attached hydrogens (tertiary/aromatic N) is 1. The van der Waals surface area contributed by atoms with Crippen molar-refractivity contribution in [2.45, 2.75) is 26.8 Å². The van der Waals surface area contributed by atoms with Gasteiger partial charge in [-0.15, -0.1) is 0 Å². The molecular weight excluding hydrogens is 238 g/mol. The van der Waals surface area contributed by atoms with Gasteiger partial charge in [0.1, 0.15) is 0 Å². The van der Waals surface area contributed by atoms with Gasteiger partial charge in [0.15, 0.2) is 11.6 Å². The summed E-state index contributed by atoms with van der Waals surface area (Å²) < 4.78 is 2.01. The van der Waals surface area contributed by atoms with Gasteiger partial charge < -0.3 is 4.57 Å². The third-order valence-electron chi connectivity index (χ3n) is 3.70. The van der Waals surface area contributed by atoms with Gasteiger partial charge in [-0.05, 0) is 13.3 Å². The lowest BCUT2D eigenvalue weighted by Gasteiger charge is -2.14. The smallest absolute Gasteiger partial charge is 0.196 e. The van der Waals surface area contributed by atoms with Crippen molar-refractivity contribution < 1.29 is 9.59 Å². The zero-order valence-electron chi connectivity index (χ0n) is 11.1. The Hall–Kier alpha value is -2.16. The van der Waals surface area contributed by atoms with Crippen molar-refractivity contribution in [3.05, 3.63) is 58.4 Å². The largest absolute Gasteiger partial charge is 0.350 e. The van der Waals surface area contributed by atoms with Crippen molar-refractivity contribution in [1.82, 2.24) is 4.57 Å². The molecule has 1 aliphatic carbocycles. The molecule has 96 valence electrons. The Morgan fingerprint density at radius 3 is 2.26 bits per heavy atom. The van der Waals surface area contributed by atoms with Gasteiger partial charge in [0.2, 0.25) is 0 Å². The highest BCUT2D eigenvalue weighted by atomic mass is 16.1. The van der Waals surface area contributed by atoms with E-state index < -0.39 is 0 Å². The number of ketones is 2. The SMILES string of the molecule is CCCn1cc2c(c1C)C(=O)c1ccccc1C2=O. The van der Waals surface area contributed by atoms with E-state index >= 15 is 0 Å². The van der Waals surface area contributed by atoms with E-state index in [-0.39, 0.29) is 11.6 Å². The molecule has 0 unspecified atom stereocenters. The highest BCUT2D eigenvalue weighted by Crippen LogP contribution is 2.30. The molecule has 3 rings (SSSR count). The van der Waals surface area contributed by atoms with Crippen LogP contribution in [-0.4, -0.2) is 16.1 Å². The van der Waals surface area contributed by atoms with Gasteiger partial charge in [-0.1, -0.05) is 31.2 Å². The summed E-state index contributed by atoms with van der Waals surface area (Å²) in [5.41, 5.74) is 3.07. The number of hydrogen-bond donors (Lipinski definition) is 0. The number of benzene rings is 1. The monoisotopic (exact) mass is 253 g/mol. The van der Waals surface area contributed by atoms with Crippen LogP contribution in [0.2, 0.25) is 0 Å². The molecule has 3 nitrogen and oxygen atoms in total. The zero-order valence-corrected chi connectivity index (χ0v) is 11.1. The minimum Gasteiger partial charge on any atom is -0.350 e. The highest BCUT2D eigenvalue weighted by molar-refractivity contribution is 6.28. The summed E-state index contributed by atoms with van der Waals surface area (Å²) in [6.07, 6.45) is 2.80. The van der Waals surface area contributed by atoms with Crippen molar-refractivity contribution >= 4 is 11.6 Å². The van der Waals surface area contributed by atoms with Crippen LogP contribution in [0.25, 0.3) is 0 Å².